The molecule has 0 amide bonds. The molecule has 20 heavy (non-hydrogen) atoms. The van der Waals surface area contributed by atoms with Crippen molar-refractivity contribution in [2.24, 2.45) is 0 Å². The number of hydrogen-bond donors (Lipinski definition) is 1. The van der Waals surface area contributed by atoms with E-state index in [1.165, 1.54) is 0 Å². The molecular weight excluding hydrogens is 252 g/mol. The lowest BCUT2D eigenvalue weighted by Crippen LogP contribution is -1.78. The molecule has 0 saturated carbocycles. The van der Waals surface area contributed by atoms with Gasteiger partial charge in [0.15, 0.2) is 0 Å². The molecule has 0 fully saturated rings. The third kappa shape index (κ3) is 1.68. The van der Waals surface area contributed by atoms with E-state index < -0.39 is 0 Å². The fourth-order valence-electron chi connectivity index (χ4n) is 2.19. The van der Waals surface area contributed by atoms with Gasteiger partial charge in [0, 0.05) is 29.5 Å². The Balaban J connectivity index is 1.82. The second kappa shape index (κ2) is 4.31. The molecule has 3 aromatic heterocycles. The van der Waals surface area contributed by atoms with Crippen LogP contribution in [0.3, 0.4) is 0 Å². The number of rotatable bonds is 2. The first-order chi connectivity index (χ1) is 9.92. The van der Waals surface area contributed by atoms with Gasteiger partial charge in [-0.1, -0.05) is 18.2 Å². The fourth-order valence-corrected chi connectivity index (χ4v) is 2.19. The van der Waals surface area contributed by atoms with E-state index >= 15 is 0 Å². The van der Waals surface area contributed by atoms with Gasteiger partial charge in [-0.15, -0.1) is 10.2 Å². The molecule has 96 valence electrons. The lowest BCUT2D eigenvalue weighted by Gasteiger charge is -1.93. The van der Waals surface area contributed by atoms with Crippen LogP contribution in [0.2, 0.25) is 0 Å². The number of para-hydroxylation sites is 1. The summed E-state index contributed by atoms with van der Waals surface area (Å²) < 4.78 is 5.74. The summed E-state index contributed by atoms with van der Waals surface area (Å²) in [6, 6.07) is 11.7. The number of nitrogens with zero attached hydrogens (tertiary/aromatic N) is 3. The van der Waals surface area contributed by atoms with Crippen LogP contribution in [-0.4, -0.2) is 20.2 Å². The first kappa shape index (κ1) is 10.9. The monoisotopic (exact) mass is 262 g/mol. The van der Waals surface area contributed by atoms with Gasteiger partial charge in [-0.25, -0.2) is 0 Å². The molecule has 0 bridgehead atoms. The topological polar surface area (TPSA) is 67.6 Å². The number of benzene rings is 1. The molecule has 4 aromatic rings. The lowest BCUT2D eigenvalue weighted by atomic mass is 10.2. The largest absolute Gasteiger partial charge is 0.416 e. The number of fused-ring (bicyclic) bond motifs is 1. The number of hydrogen-bond acceptors (Lipinski definition) is 4. The van der Waals surface area contributed by atoms with Crippen LogP contribution in [0.5, 0.6) is 0 Å². The molecule has 0 radical (unpaired) electrons. The molecule has 0 unspecified atom stereocenters. The fraction of sp³-hybridized carbons (Fsp3) is 0. The van der Waals surface area contributed by atoms with Gasteiger partial charge in [0.25, 0.3) is 0 Å². The summed E-state index contributed by atoms with van der Waals surface area (Å²) in [4.78, 5) is 7.24. The van der Waals surface area contributed by atoms with Gasteiger partial charge in [0.05, 0.1) is 11.1 Å². The minimum atomic E-state index is 0.471. The maximum absolute atomic E-state index is 5.74. The number of aromatic nitrogens is 4. The van der Waals surface area contributed by atoms with Crippen LogP contribution >= 0.6 is 0 Å². The molecule has 1 aromatic carbocycles. The summed E-state index contributed by atoms with van der Waals surface area (Å²) in [5.74, 6) is 0.972. The minimum absolute atomic E-state index is 0.471. The van der Waals surface area contributed by atoms with Crippen molar-refractivity contribution in [1.82, 2.24) is 20.2 Å². The van der Waals surface area contributed by atoms with Crippen LogP contribution in [0.4, 0.5) is 0 Å². The lowest BCUT2D eigenvalue weighted by molar-refractivity contribution is 0.585. The zero-order chi connectivity index (χ0) is 13.4. The summed E-state index contributed by atoms with van der Waals surface area (Å²) in [7, 11) is 0. The van der Waals surface area contributed by atoms with E-state index in [4.69, 9.17) is 4.42 Å². The van der Waals surface area contributed by atoms with Crippen LogP contribution in [0.15, 0.2) is 59.4 Å². The van der Waals surface area contributed by atoms with Crippen molar-refractivity contribution < 1.29 is 4.42 Å². The average Bonchev–Trinajstić information content (AvgIpc) is 3.14. The van der Waals surface area contributed by atoms with E-state index in [-0.39, 0.29) is 0 Å². The molecule has 0 aliphatic rings. The Labute approximate surface area is 114 Å². The Bertz CT molecular complexity index is 864. The van der Waals surface area contributed by atoms with Crippen molar-refractivity contribution in [3.8, 4) is 22.9 Å². The van der Waals surface area contributed by atoms with Crippen molar-refractivity contribution >= 4 is 10.9 Å². The predicted octanol–water partition coefficient (Wildman–Crippen LogP) is 3.28. The van der Waals surface area contributed by atoms with Crippen LogP contribution in [-0.2, 0) is 0 Å². The van der Waals surface area contributed by atoms with E-state index in [9.17, 15) is 0 Å². The van der Waals surface area contributed by atoms with Gasteiger partial charge in [0.1, 0.15) is 0 Å². The number of pyridine rings is 1. The molecule has 1 N–H and O–H groups in total. The van der Waals surface area contributed by atoms with Crippen molar-refractivity contribution in [2.75, 3.05) is 0 Å². The van der Waals surface area contributed by atoms with Gasteiger partial charge in [-0.3, -0.25) is 4.98 Å². The molecule has 0 saturated heterocycles. The molecule has 0 aliphatic heterocycles. The minimum Gasteiger partial charge on any atom is -0.416 e. The Hall–Kier alpha value is -2.95. The van der Waals surface area contributed by atoms with E-state index in [2.05, 4.69) is 20.2 Å². The predicted molar refractivity (Wildman–Crippen MR) is 74.8 cm³/mol. The second-order valence-electron chi connectivity index (χ2n) is 4.40. The molecule has 0 spiro atoms. The summed E-state index contributed by atoms with van der Waals surface area (Å²) in [5, 5.41) is 9.26. The van der Waals surface area contributed by atoms with Crippen molar-refractivity contribution in [1.29, 1.82) is 0 Å². The molecule has 0 aliphatic carbocycles. The zero-order valence-electron chi connectivity index (χ0n) is 10.4. The quantitative estimate of drug-likeness (QED) is 0.602. The summed E-state index contributed by atoms with van der Waals surface area (Å²) in [6.07, 6.45) is 5.29. The van der Waals surface area contributed by atoms with Gasteiger partial charge >= 0.3 is 0 Å². The van der Waals surface area contributed by atoms with Crippen LogP contribution < -0.4 is 0 Å². The summed E-state index contributed by atoms with van der Waals surface area (Å²) >= 11 is 0. The number of nitrogens with one attached hydrogen (secondary N) is 1. The third-order valence-corrected chi connectivity index (χ3v) is 3.15. The highest BCUT2D eigenvalue weighted by molar-refractivity contribution is 5.93. The molecule has 5 nitrogen and oxygen atoms in total. The van der Waals surface area contributed by atoms with E-state index in [1.54, 1.807) is 12.4 Å². The van der Waals surface area contributed by atoms with E-state index in [1.807, 2.05) is 42.6 Å². The van der Waals surface area contributed by atoms with Crippen LogP contribution in [0, 0.1) is 0 Å². The first-order valence-corrected chi connectivity index (χ1v) is 6.22. The Morgan fingerprint density at radius 3 is 2.75 bits per heavy atom. The van der Waals surface area contributed by atoms with E-state index in [0.717, 1.165) is 22.0 Å². The Kier molecular flexibility index (Phi) is 2.35. The van der Waals surface area contributed by atoms with Crippen LogP contribution in [0.25, 0.3) is 33.8 Å². The smallest absolute Gasteiger partial charge is 0.250 e. The van der Waals surface area contributed by atoms with Gasteiger partial charge in [-0.05, 0) is 18.2 Å². The average molecular weight is 262 g/mol. The number of H-pyrrole nitrogens is 1. The van der Waals surface area contributed by atoms with E-state index in [0.29, 0.717) is 11.8 Å². The maximum atomic E-state index is 5.74. The SMILES string of the molecule is c1cncc(-c2nnc(-c3c[nH]c4ccccc34)o2)c1. The molecule has 3 heterocycles. The maximum Gasteiger partial charge on any atom is 0.250 e. The highest BCUT2D eigenvalue weighted by atomic mass is 16.4. The van der Waals surface area contributed by atoms with Gasteiger partial charge < -0.3 is 9.40 Å². The second-order valence-corrected chi connectivity index (χ2v) is 4.40. The Morgan fingerprint density at radius 2 is 1.85 bits per heavy atom. The number of aromatic amines is 1. The molecular formula is C15H10N4O. The van der Waals surface area contributed by atoms with Gasteiger partial charge in [-0.2, -0.15) is 0 Å². The summed E-state index contributed by atoms with van der Waals surface area (Å²) in [6.45, 7) is 0. The highest BCUT2D eigenvalue weighted by Gasteiger charge is 2.13. The summed E-state index contributed by atoms with van der Waals surface area (Å²) in [5.41, 5.74) is 2.76. The van der Waals surface area contributed by atoms with Crippen molar-refractivity contribution in [2.45, 2.75) is 0 Å². The molecule has 4 rings (SSSR count). The standard InChI is InChI=1S/C15H10N4O/c1-2-6-13-11(5-1)12(9-17-13)15-19-18-14(20-15)10-4-3-7-16-8-10/h1-9,17H. The van der Waals surface area contributed by atoms with Crippen molar-refractivity contribution in [3.05, 3.63) is 55.0 Å². The van der Waals surface area contributed by atoms with Crippen molar-refractivity contribution in [3.63, 3.8) is 0 Å². The van der Waals surface area contributed by atoms with Gasteiger partial charge in [0.2, 0.25) is 11.8 Å². The third-order valence-electron chi connectivity index (χ3n) is 3.15. The Morgan fingerprint density at radius 1 is 0.950 bits per heavy atom. The molecule has 0 atom stereocenters. The normalized spacial score (nSPS) is 11.0. The first-order valence-electron chi connectivity index (χ1n) is 6.22. The highest BCUT2D eigenvalue weighted by Crippen LogP contribution is 2.29. The molecule has 5 heteroatoms. The van der Waals surface area contributed by atoms with Crippen LogP contribution in [0.1, 0.15) is 0 Å². The zero-order valence-corrected chi connectivity index (χ0v) is 10.4.